The monoisotopic (exact) mass is 262 g/mol. The van der Waals surface area contributed by atoms with Gasteiger partial charge in [0.05, 0.1) is 5.69 Å². The Morgan fingerprint density at radius 3 is 2.89 bits per heavy atom. The summed E-state index contributed by atoms with van der Waals surface area (Å²) in [7, 11) is 3.76. The average Bonchev–Trinajstić information content (AvgIpc) is 2.41. The minimum atomic E-state index is -0.110. The lowest BCUT2D eigenvalue weighted by Gasteiger charge is -2.43. The Morgan fingerprint density at radius 2 is 2.26 bits per heavy atom. The van der Waals surface area contributed by atoms with Gasteiger partial charge in [-0.05, 0) is 26.1 Å². The number of carbonyl (C=O) groups is 1. The van der Waals surface area contributed by atoms with Crippen LogP contribution in [0.5, 0.6) is 0 Å². The van der Waals surface area contributed by atoms with Gasteiger partial charge in [0.25, 0.3) is 0 Å². The molecule has 0 aromatic carbocycles. The minimum absolute atomic E-state index is 0.110. The van der Waals surface area contributed by atoms with Crippen LogP contribution in [0, 0.1) is 0 Å². The second-order valence-electron chi connectivity index (χ2n) is 5.13. The molecule has 1 amide bonds. The summed E-state index contributed by atoms with van der Waals surface area (Å²) in [5.74, 6) is 0.184. The maximum Gasteiger partial charge on any atom is 0.241 e. The van der Waals surface area contributed by atoms with Crippen LogP contribution in [-0.4, -0.2) is 60.0 Å². The van der Waals surface area contributed by atoms with E-state index in [9.17, 15) is 4.79 Å². The van der Waals surface area contributed by atoms with Gasteiger partial charge in [-0.1, -0.05) is 6.07 Å². The van der Waals surface area contributed by atoms with Crippen molar-refractivity contribution in [3.63, 3.8) is 0 Å². The van der Waals surface area contributed by atoms with E-state index < -0.39 is 0 Å². The zero-order chi connectivity index (χ0) is 13.8. The van der Waals surface area contributed by atoms with Crippen molar-refractivity contribution in [3.8, 4) is 0 Å². The highest BCUT2D eigenvalue weighted by Crippen LogP contribution is 2.18. The average molecular weight is 262 g/mol. The van der Waals surface area contributed by atoms with Crippen LogP contribution >= 0.6 is 0 Å². The molecule has 5 heteroatoms. The normalized spacial score (nSPS) is 24.8. The number of carbonyl (C=O) groups excluding carboxylic acids is 1. The highest BCUT2D eigenvalue weighted by atomic mass is 16.2. The molecule has 5 nitrogen and oxygen atoms in total. The lowest BCUT2D eigenvalue weighted by molar-refractivity contribution is -0.143. The number of nitrogens with one attached hydrogen (secondary N) is 1. The second kappa shape index (κ2) is 6.12. The molecule has 2 unspecified atom stereocenters. The van der Waals surface area contributed by atoms with Gasteiger partial charge in [-0.2, -0.15) is 0 Å². The van der Waals surface area contributed by atoms with Crippen LogP contribution in [0.15, 0.2) is 24.4 Å². The van der Waals surface area contributed by atoms with Gasteiger partial charge >= 0.3 is 0 Å². The molecule has 1 N–H and O–H groups in total. The van der Waals surface area contributed by atoms with E-state index in [1.807, 2.05) is 37.2 Å². The summed E-state index contributed by atoms with van der Waals surface area (Å²) in [5.41, 5.74) is 1.01. The molecule has 1 aromatic heterocycles. The molecule has 19 heavy (non-hydrogen) atoms. The largest absolute Gasteiger partial charge is 0.343 e. The van der Waals surface area contributed by atoms with Gasteiger partial charge < -0.3 is 10.2 Å². The molecule has 1 saturated heterocycles. The van der Waals surface area contributed by atoms with E-state index in [-0.39, 0.29) is 11.9 Å². The summed E-state index contributed by atoms with van der Waals surface area (Å²) in [6, 6.07) is 6.13. The van der Waals surface area contributed by atoms with E-state index in [1.165, 1.54) is 0 Å². The van der Waals surface area contributed by atoms with Crippen LogP contribution in [0.3, 0.4) is 0 Å². The number of rotatable bonds is 4. The van der Waals surface area contributed by atoms with E-state index in [0.29, 0.717) is 19.1 Å². The van der Waals surface area contributed by atoms with E-state index in [0.717, 1.165) is 12.2 Å². The van der Waals surface area contributed by atoms with E-state index in [1.54, 1.807) is 6.20 Å². The number of likely N-dealkylation sites (N-methyl/N-ethyl adjacent to an activating group) is 2. The Labute approximate surface area is 114 Å². The number of amides is 1. The third-order valence-corrected chi connectivity index (χ3v) is 3.63. The minimum Gasteiger partial charge on any atom is -0.343 e. The van der Waals surface area contributed by atoms with Crippen LogP contribution in [0.2, 0.25) is 0 Å². The third-order valence-electron chi connectivity index (χ3n) is 3.63. The molecule has 0 bridgehead atoms. The predicted octanol–water partition coefficient (Wildman–Crippen LogP) is 0.332. The second-order valence-corrected chi connectivity index (χ2v) is 5.13. The van der Waals surface area contributed by atoms with Crippen molar-refractivity contribution < 1.29 is 4.79 Å². The van der Waals surface area contributed by atoms with Crippen molar-refractivity contribution in [2.45, 2.75) is 25.6 Å². The number of piperazine rings is 1. The first-order chi connectivity index (χ1) is 9.13. The van der Waals surface area contributed by atoms with Crippen LogP contribution in [-0.2, 0) is 11.3 Å². The third kappa shape index (κ3) is 3.11. The summed E-state index contributed by atoms with van der Waals surface area (Å²) in [5, 5.41) is 3.12. The first-order valence-corrected chi connectivity index (χ1v) is 6.68. The fourth-order valence-electron chi connectivity index (χ4n) is 2.64. The van der Waals surface area contributed by atoms with Gasteiger partial charge in [-0.25, -0.2) is 0 Å². The smallest absolute Gasteiger partial charge is 0.241 e. The van der Waals surface area contributed by atoms with Gasteiger partial charge in [0.1, 0.15) is 6.04 Å². The SMILES string of the molecule is CNCC1C(=O)N(C)CC(C)N1Cc1ccccn1. The maximum atomic E-state index is 12.3. The number of aromatic nitrogens is 1. The Balaban J connectivity index is 2.17. The molecule has 1 aromatic rings. The number of nitrogens with zero attached hydrogens (tertiary/aromatic N) is 3. The molecular weight excluding hydrogens is 240 g/mol. The maximum absolute atomic E-state index is 12.3. The molecule has 2 atom stereocenters. The summed E-state index contributed by atoms with van der Waals surface area (Å²) >= 11 is 0. The number of hydrogen-bond donors (Lipinski definition) is 1. The zero-order valence-corrected chi connectivity index (χ0v) is 11.8. The highest BCUT2D eigenvalue weighted by Gasteiger charge is 2.36. The molecule has 0 saturated carbocycles. The van der Waals surface area contributed by atoms with Crippen LogP contribution < -0.4 is 5.32 Å². The Hall–Kier alpha value is -1.46. The van der Waals surface area contributed by atoms with Gasteiger partial charge in [0.2, 0.25) is 5.91 Å². The van der Waals surface area contributed by atoms with Crippen molar-refractivity contribution >= 4 is 5.91 Å². The summed E-state index contributed by atoms with van der Waals surface area (Å²) in [6.45, 7) is 4.31. The summed E-state index contributed by atoms with van der Waals surface area (Å²) < 4.78 is 0. The van der Waals surface area contributed by atoms with Crippen molar-refractivity contribution in [1.82, 2.24) is 20.1 Å². The van der Waals surface area contributed by atoms with Crippen molar-refractivity contribution in [2.24, 2.45) is 0 Å². The first-order valence-electron chi connectivity index (χ1n) is 6.68. The van der Waals surface area contributed by atoms with Gasteiger partial charge in [0.15, 0.2) is 0 Å². The molecule has 0 aliphatic carbocycles. The first kappa shape index (κ1) is 14.0. The van der Waals surface area contributed by atoms with Gasteiger partial charge in [-0.15, -0.1) is 0 Å². The molecule has 0 spiro atoms. The Morgan fingerprint density at radius 1 is 1.47 bits per heavy atom. The standard InChI is InChI=1S/C14H22N4O/c1-11-9-17(3)14(19)13(8-15-2)18(11)10-12-6-4-5-7-16-12/h4-7,11,13,15H,8-10H2,1-3H3. The predicted molar refractivity (Wildman–Crippen MR) is 74.6 cm³/mol. The fourth-order valence-corrected chi connectivity index (χ4v) is 2.64. The van der Waals surface area contributed by atoms with Gasteiger partial charge in [-0.3, -0.25) is 14.7 Å². The number of pyridine rings is 1. The van der Waals surface area contributed by atoms with Gasteiger partial charge in [0, 0.05) is 38.9 Å². The lowest BCUT2D eigenvalue weighted by Crippen LogP contribution is -2.62. The van der Waals surface area contributed by atoms with E-state index in [4.69, 9.17) is 0 Å². The molecule has 104 valence electrons. The fraction of sp³-hybridized carbons (Fsp3) is 0.571. The molecule has 1 fully saturated rings. The lowest BCUT2D eigenvalue weighted by atomic mass is 10.1. The Kier molecular flexibility index (Phi) is 4.50. The van der Waals surface area contributed by atoms with E-state index >= 15 is 0 Å². The summed E-state index contributed by atoms with van der Waals surface area (Å²) in [4.78, 5) is 20.7. The van der Waals surface area contributed by atoms with Crippen molar-refractivity contribution in [1.29, 1.82) is 0 Å². The summed E-state index contributed by atoms with van der Waals surface area (Å²) in [6.07, 6.45) is 1.80. The zero-order valence-electron chi connectivity index (χ0n) is 11.8. The Bertz CT molecular complexity index is 423. The molecule has 1 aliphatic heterocycles. The van der Waals surface area contributed by atoms with Crippen LogP contribution in [0.25, 0.3) is 0 Å². The van der Waals surface area contributed by atoms with Crippen molar-refractivity contribution in [3.05, 3.63) is 30.1 Å². The van der Waals surface area contributed by atoms with Crippen molar-refractivity contribution in [2.75, 3.05) is 27.2 Å². The molecule has 0 radical (unpaired) electrons. The van der Waals surface area contributed by atoms with Crippen LogP contribution in [0.1, 0.15) is 12.6 Å². The topological polar surface area (TPSA) is 48.5 Å². The molecule has 2 rings (SSSR count). The molecule has 1 aliphatic rings. The molecule has 2 heterocycles. The quantitative estimate of drug-likeness (QED) is 0.849. The van der Waals surface area contributed by atoms with E-state index in [2.05, 4.69) is 22.1 Å². The van der Waals surface area contributed by atoms with Crippen LogP contribution in [0.4, 0.5) is 0 Å². The molecular formula is C14H22N4O. The highest BCUT2D eigenvalue weighted by molar-refractivity contribution is 5.82. The number of hydrogen-bond acceptors (Lipinski definition) is 4.